The number of nitrogens with one attached hydrogen (secondary N) is 1. The van der Waals surface area contributed by atoms with E-state index in [2.05, 4.69) is 0 Å². The summed E-state index contributed by atoms with van der Waals surface area (Å²) in [7, 11) is 0. The zero-order valence-corrected chi connectivity index (χ0v) is 7.31. The summed E-state index contributed by atoms with van der Waals surface area (Å²) < 4.78 is 4.86. The minimum Gasteiger partial charge on any atom is -0.465 e. The number of hydrogen-bond acceptors (Lipinski definition) is 3. The Morgan fingerprint density at radius 1 is 1.64 bits per heavy atom. The maximum atomic E-state index is 11.1. The summed E-state index contributed by atoms with van der Waals surface area (Å²) in [6, 6.07) is 0. The van der Waals surface area contributed by atoms with Crippen LogP contribution in [0.25, 0.3) is 0 Å². The summed E-state index contributed by atoms with van der Waals surface area (Å²) in [5, 5.41) is 6.95. The highest BCUT2D eigenvalue weighted by Crippen LogP contribution is 2.13. The molecule has 0 atom stereocenters. The van der Waals surface area contributed by atoms with Crippen LogP contribution in [0.4, 0.5) is 0 Å². The molecule has 3 nitrogen and oxygen atoms in total. The average Bonchev–Trinajstić information content (AvgIpc) is 2.00. The molecule has 64 valence electrons. The summed E-state index contributed by atoms with van der Waals surface area (Å²) in [5.41, 5.74) is -0.769. The van der Waals surface area contributed by atoms with Crippen LogP contribution in [-0.4, -0.2) is 18.8 Å². The number of hydrogen-bond donors (Lipinski definition) is 1. The number of carbonyl (C=O) groups is 1. The SMILES string of the molecule is CCCOC(=O)C(C)(C)C=N. The minimum absolute atomic E-state index is 0.325. The van der Waals surface area contributed by atoms with Crippen molar-refractivity contribution in [2.45, 2.75) is 27.2 Å². The van der Waals surface area contributed by atoms with E-state index in [1.54, 1.807) is 13.8 Å². The molecule has 0 aromatic rings. The van der Waals surface area contributed by atoms with Crippen molar-refractivity contribution in [1.82, 2.24) is 0 Å². The van der Waals surface area contributed by atoms with Crippen LogP contribution in [0.2, 0.25) is 0 Å². The lowest BCUT2D eigenvalue weighted by atomic mass is 9.96. The van der Waals surface area contributed by atoms with Gasteiger partial charge in [-0.05, 0) is 20.3 Å². The van der Waals surface area contributed by atoms with Gasteiger partial charge in [-0.2, -0.15) is 0 Å². The van der Waals surface area contributed by atoms with E-state index < -0.39 is 5.41 Å². The summed E-state index contributed by atoms with van der Waals surface area (Å²) in [4.78, 5) is 11.1. The molecule has 11 heavy (non-hydrogen) atoms. The lowest BCUT2D eigenvalue weighted by Gasteiger charge is -2.15. The topological polar surface area (TPSA) is 50.2 Å². The van der Waals surface area contributed by atoms with Crippen molar-refractivity contribution in [3.8, 4) is 0 Å². The second-order valence-electron chi connectivity index (χ2n) is 3.00. The third-order valence-corrected chi connectivity index (χ3v) is 1.32. The summed E-state index contributed by atoms with van der Waals surface area (Å²) in [6.45, 7) is 5.71. The van der Waals surface area contributed by atoms with Gasteiger partial charge in [0, 0.05) is 6.21 Å². The quantitative estimate of drug-likeness (QED) is 0.498. The molecular weight excluding hydrogens is 142 g/mol. The second kappa shape index (κ2) is 4.11. The van der Waals surface area contributed by atoms with Crippen LogP contribution < -0.4 is 0 Å². The van der Waals surface area contributed by atoms with E-state index in [0.717, 1.165) is 12.6 Å². The molecule has 0 saturated heterocycles. The Kier molecular flexibility index (Phi) is 3.79. The van der Waals surface area contributed by atoms with E-state index in [-0.39, 0.29) is 5.97 Å². The minimum atomic E-state index is -0.769. The Labute approximate surface area is 67.3 Å². The first-order chi connectivity index (χ1) is 5.04. The predicted octanol–water partition coefficient (Wildman–Crippen LogP) is 1.62. The number of carbonyl (C=O) groups excluding carboxylic acids is 1. The Bertz CT molecular complexity index is 152. The summed E-state index contributed by atoms with van der Waals surface area (Å²) in [5.74, 6) is -0.325. The first-order valence-electron chi connectivity index (χ1n) is 3.73. The molecule has 0 saturated carbocycles. The van der Waals surface area contributed by atoms with Crippen molar-refractivity contribution in [3.05, 3.63) is 0 Å². The second-order valence-corrected chi connectivity index (χ2v) is 3.00. The van der Waals surface area contributed by atoms with Gasteiger partial charge in [-0.1, -0.05) is 6.92 Å². The number of rotatable bonds is 4. The van der Waals surface area contributed by atoms with Crippen LogP contribution in [-0.2, 0) is 9.53 Å². The van der Waals surface area contributed by atoms with Crippen LogP contribution in [0.15, 0.2) is 0 Å². The molecule has 0 aliphatic carbocycles. The lowest BCUT2D eigenvalue weighted by molar-refractivity contribution is -0.149. The highest BCUT2D eigenvalue weighted by Gasteiger charge is 2.26. The first-order valence-corrected chi connectivity index (χ1v) is 3.73. The molecular formula is C8H15NO2. The molecule has 0 bridgehead atoms. The molecule has 1 N–H and O–H groups in total. The highest BCUT2D eigenvalue weighted by atomic mass is 16.5. The van der Waals surface area contributed by atoms with E-state index in [0.29, 0.717) is 6.61 Å². The zero-order chi connectivity index (χ0) is 8.91. The average molecular weight is 157 g/mol. The van der Waals surface area contributed by atoms with Crippen molar-refractivity contribution >= 4 is 12.2 Å². The van der Waals surface area contributed by atoms with Crippen molar-refractivity contribution in [2.24, 2.45) is 5.41 Å². The molecule has 0 radical (unpaired) electrons. The Hall–Kier alpha value is -0.860. The monoisotopic (exact) mass is 157 g/mol. The van der Waals surface area contributed by atoms with Gasteiger partial charge in [0.15, 0.2) is 0 Å². The standard InChI is InChI=1S/C8H15NO2/c1-4-5-11-7(10)8(2,3)6-9/h6,9H,4-5H2,1-3H3. The van der Waals surface area contributed by atoms with Gasteiger partial charge in [0.05, 0.1) is 12.0 Å². The van der Waals surface area contributed by atoms with Crippen molar-refractivity contribution < 1.29 is 9.53 Å². The molecule has 0 aromatic heterocycles. The number of esters is 1. The highest BCUT2D eigenvalue weighted by molar-refractivity contribution is 5.92. The smallest absolute Gasteiger partial charge is 0.316 e. The number of ether oxygens (including phenoxy) is 1. The molecule has 0 amide bonds. The fraction of sp³-hybridized carbons (Fsp3) is 0.750. The Morgan fingerprint density at radius 3 is 2.55 bits per heavy atom. The van der Waals surface area contributed by atoms with Crippen LogP contribution in [0, 0.1) is 10.8 Å². The van der Waals surface area contributed by atoms with Crippen molar-refractivity contribution in [1.29, 1.82) is 5.41 Å². The van der Waals surface area contributed by atoms with Crippen molar-refractivity contribution in [2.75, 3.05) is 6.61 Å². The molecule has 0 spiro atoms. The third kappa shape index (κ3) is 3.16. The molecule has 0 fully saturated rings. The van der Waals surface area contributed by atoms with E-state index >= 15 is 0 Å². The van der Waals surface area contributed by atoms with E-state index in [9.17, 15) is 4.79 Å². The normalized spacial score (nSPS) is 10.8. The van der Waals surface area contributed by atoms with Gasteiger partial charge in [-0.3, -0.25) is 4.79 Å². The molecule has 0 rings (SSSR count). The van der Waals surface area contributed by atoms with E-state index in [1.807, 2.05) is 6.92 Å². The fourth-order valence-electron chi connectivity index (χ4n) is 0.440. The Morgan fingerprint density at radius 2 is 2.18 bits per heavy atom. The van der Waals surface area contributed by atoms with Crippen molar-refractivity contribution in [3.63, 3.8) is 0 Å². The predicted molar refractivity (Wildman–Crippen MR) is 43.8 cm³/mol. The van der Waals surface area contributed by atoms with Gasteiger partial charge in [0.2, 0.25) is 0 Å². The van der Waals surface area contributed by atoms with Crippen LogP contribution in [0.3, 0.4) is 0 Å². The maximum absolute atomic E-state index is 11.1. The molecule has 0 aromatic carbocycles. The molecule has 0 heterocycles. The van der Waals surface area contributed by atoms with Gasteiger partial charge in [0.1, 0.15) is 0 Å². The van der Waals surface area contributed by atoms with Crippen LogP contribution >= 0.6 is 0 Å². The third-order valence-electron chi connectivity index (χ3n) is 1.32. The summed E-state index contributed by atoms with van der Waals surface area (Å²) in [6.07, 6.45) is 1.92. The van der Waals surface area contributed by atoms with Gasteiger partial charge < -0.3 is 10.1 Å². The van der Waals surface area contributed by atoms with E-state index in [1.165, 1.54) is 0 Å². The Balaban J connectivity index is 3.91. The zero-order valence-electron chi connectivity index (χ0n) is 7.31. The largest absolute Gasteiger partial charge is 0.465 e. The maximum Gasteiger partial charge on any atom is 0.316 e. The van der Waals surface area contributed by atoms with Crippen LogP contribution in [0.1, 0.15) is 27.2 Å². The van der Waals surface area contributed by atoms with Gasteiger partial charge >= 0.3 is 5.97 Å². The van der Waals surface area contributed by atoms with Gasteiger partial charge in [-0.15, -0.1) is 0 Å². The van der Waals surface area contributed by atoms with E-state index in [4.69, 9.17) is 10.1 Å². The van der Waals surface area contributed by atoms with Gasteiger partial charge in [-0.25, -0.2) is 0 Å². The molecule has 0 unspecified atom stereocenters. The van der Waals surface area contributed by atoms with Gasteiger partial charge in [0.25, 0.3) is 0 Å². The van der Waals surface area contributed by atoms with Crippen LogP contribution in [0.5, 0.6) is 0 Å². The fourth-order valence-corrected chi connectivity index (χ4v) is 0.440. The molecule has 3 heteroatoms. The summed E-state index contributed by atoms with van der Waals surface area (Å²) >= 11 is 0. The molecule has 0 aliphatic heterocycles. The molecule has 0 aliphatic rings. The first kappa shape index (κ1) is 10.1. The lowest BCUT2D eigenvalue weighted by Crippen LogP contribution is -2.27.